The molecule has 0 radical (unpaired) electrons. The SMILES string of the molecule is CCC(C)(CCC(C)(Cl)C(=O)OCCO[Si](C)(C)C)C(=O)OCC(F)(F)F. The van der Waals surface area contributed by atoms with E-state index >= 15 is 0 Å². The molecule has 2 atom stereocenters. The highest BCUT2D eigenvalue weighted by Crippen LogP contribution is 2.35. The molecule has 0 spiro atoms. The van der Waals surface area contributed by atoms with Crippen molar-refractivity contribution in [2.24, 2.45) is 5.41 Å². The molecule has 0 aromatic carbocycles. The van der Waals surface area contributed by atoms with Crippen LogP contribution in [-0.2, 0) is 23.5 Å². The number of esters is 2. The molecule has 27 heavy (non-hydrogen) atoms. The number of hydrogen-bond donors (Lipinski definition) is 0. The number of ether oxygens (including phenoxy) is 2. The zero-order chi connectivity index (χ0) is 21.5. The molecule has 0 aromatic rings. The third-order valence-electron chi connectivity index (χ3n) is 4.06. The Morgan fingerprint density at radius 3 is 1.96 bits per heavy atom. The summed E-state index contributed by atoms with van der Waals surface area (Å²) in [6.07, 6.45) is -4.21. The van der Waals surface area contributed by atoms with Gasteiger partial charge in [-0.3, -0.25) is 9.59 Å². The fourth-order valence-corrected chi connectivity index (χ4v) is 2.83. The van der Waals surface area contributed by atoms with Gasteiger partial charge in [0.2, 0.25) is 0 Å². The summed E-state index contributed by atoms with van der Waals surface area (Å²) >= 11 is 6.23. The summed E-state index contributed by atoms with van der Waals surface area (Å²) in [6.45, 7) is 9.30. The van der Waals surface area contributed by atoms with Gasteiger partial charge in [-0.05, 0) is 52.8 Å². The van der Waals surface area contributed by atoms with Crippen LogP contribution >= 0.6 is 11.6 Å². The third-order valence-corrected chi connectivity index (χ3v) is 5.48. The number of hydrogen-bond acceptors (Lipinski definition) is 5. The third kappa shape index (κ3) is 10.9. The van der Waals surface area contributed by atoms with Crippen molar-refractivity contribution in [3.05, 3.63) is 0 Å². The molecule has 0 fully saturated rings. The molecular weight excluding hydrogens is 405 g/mol. The Morgan fingerprint density at radius 1 is 0.963 bits per heavy atom. The summed E-state index contributed by atoms with van der Waals surface area (Å²) in [5, 5.41) is 0. The molecule has 0 heterocycles. The Morgan fingerprint density at radius 2 is 1.52 bits per heavy atom. The first-order valence-corrected chi connectivity index (χ1v) is 12.6. The lowest BCUT2D eigenvalue weighted by Gasteiger charge is -2.29. The summed E-state index contributed by atoms with van der Waals surface area (Å²) in [6, 6.07) is 0. The molecule has 0 aromatic heterocycles. The summed E-state index contributed by atoms with van der Waals surface area (Å²) in [5.41, 5.74) is -1.18. The van der Waals surface area contributed by atoms with Crippen molar-refractivity contribution in [2.75, 3.05) is 19.8 Å². The van der Waals surface area contributed by atoms with E-state index in [0.717, 1.165) is 0 Å². The Kier molecular flexibility index (Phi) is 9.81. The first kappa shape index (κ1) is 26.2. The van der Waals surface area contributed by atoms with Gasteiger partial charge in [0.25, 0.3) is 0 Å². The van der Waals surface area contributed by atoms with Crippen molar-refractivity contribution in [3.63, 3.8) is 0 Å². The van der Waals surface area contributed by atoms with Gasteiger partial charge in [0.15, 0.2) is 14.9 Å². The van der Waals surface area contributed by atoms with Crippen LogP contribution in [-0.4, -0.2) is 51.1 Å². The van der Waals surface area contributed by atoms with E-state index in [1.807, 2.05) is 19.6 Å². The van der Waals surface area contributed by atoms with Gasteiger partial charge in [-0.25, -0.2) is 0 Å². The Labute approximate surface area is 165 Å². The maximum absolute atomic E-state index is 12.2. The van der Waals surface area contributed by atoms with E-state index in [1.165, 1.54) is 13.8 Å². The fraction of sp³-hybridized carbons (Fsp3) is 0.882. The molecule has 10 heteroatoms. The van der Waals surface area contributed by atoms with Crippen LogP contribution in [0.1, 0.15) is 40.0 Å². The van der Waals surface area contributed by atoms with Gasteiger partial charge in [0.1, 0.15) is 11.5 Å². The van der Waals surface area contributed by atoms with Crippen LogP contribution in [0.5, 0.6) is 0 Å². The van der Waals surface area contributed by atoms with E-state index in [1.54, 1.807) is 6.92 Å². The molecule has 0 saturated heterocycles. The van der Waals surface area contributed by atoms with E-state index in [0.29, 0.717) is 0 Å². The summed E-state index contributed by atoms with van der Waals surface area (Å²) in [7, 11) is -1.71. The maximum Gasteiger partial charge on any atom is 0.422 e. The smallest absolute Gasteiger partial charge is 0.422 e. The Bertz CT molecular complexity index is 506. The summed E-state index contributed by atoms with van der Waals surface area (Å²) in [5.74, 6) is -1.63. The van der Waals surface area contributed by atoms with Gasteiger partial charge >= 0.3 is 18.1 Å². The number of halogens is 4. The molecule has 0 aliphatic rings. The number of rotatable bonds is 11. The fourth-order valence-electron chi connectivity index (χ4n) is 1.99. The van der Waals surface area contributed by atoms with Gasteiger partial charge in [-0.15, -0.1) is 11.6 Å². The van der Waals surface area contributed by atoms with E-state index in [-0.39, 0.29) is 32.5 Å². The minimum atomic E-state index is -4.59. The van der Waals surface area contributed by atoms with Crippen molar-refractivity contribution in [1.82, 2.24) is 0 Å². The molecular formula is C17H30ClF3O5Si. The minimum absolute atomic E-state index is 0.0493. The molecule has 2 unspecified atom stereocenters. The molecule has 0 N–H and O–H groups in total. The quantitative estimate of drug-likeness (QED) is 0.204. The highest BCUT2D eigenvalue weighted by Gasteiger charge is 2.41. The van der Waals surface area contributed by atoms with Crippen molar-refractivity contribution in [3.8, 4) is 0 Å². The topological polar surface area (TPSA) is 61.8 Å². The van der Waals surface area contributed by atoms with Crippen LogP contribution in [0.15, 0.2) is 0 Å². The molecule has 0 saturated carbocycles. The van der Waals surface area contributed by atoms with Crippen LogP contribution in [0.3, 0.4) is 0 Å². The zero-order valence-electron chi connectivity index (χ0n) is 16.8. The summed E-state index contributed by atoms with van der Waals surface area (Å²) in [4.78, 5) is 22.8. The van der Waals surface area contributed by atoms with Crippen molar-refractivity contribution in [2.45, 2.75) is 70.7 Å². The second kappa shape index (κ2) is 10.1. The second-order valence-electron chi connectivity index (χ2n) is 7.90. The number of carbonyl (C=O) groups excluding carboxylic acids is 2. The van der Waals surface area contributed by atoms with Gasteiger partial charge in [0.05, 0.1) is 12.0 Å². The van der Waals surface area contributed by atoms with E-state index in [4.69, 9.17) is 20.8 Å². The average Bonchev–Trinajstić information content (AvgIpc) is 2.52. The number of carbonyl (C=O) groups is 2. The first-order valence-electron chi connectivity index (χ1n) is 8.76. The molecule has 160 valence electrons. The Balaban J connectivity index is 4.63. The highest BCUT2D eigenvalue weighted by atomic mass is 35.5. The molecule has 0 rings (SSSR count). The lowest BCUT2D eigenvalue weighted by atomic mass is 9.80. The largest absolute Gasteiger partial charge is 0.462 e. The predicted octanol–water partition coefficient (Wildman–Crippen LogP) is 4.68. The second-order valence-corrected chi connectivity index (χ2v) is 13.2. The lowest BCUT2D eigenvalue weighted by Crippen LogP contribution is -2.37. The van der Waals surface area contributed by atoms with Crippen molar-refractivity contribution < 1.29 is 36.7 Å². The first-order chi connectivity index (χ1) is 12.0. The molecule has 0 aliphatic carbocycles. The van der Waals surface area contributed by atoms with Crippen LogP contribution < -0.4 is 0 Å². The summed E-state index contributed by atoms with van der Waals surface area (Å²) < 4.78 is 51.8. The van der Waals surface area contributed by atoms with E-state index in [2.05, 4.69) is 4.74 Å². The van der Waals surface area contributed by atoms with Gasteiger partial charge in [0, 0.05) is 0 Å². The normalized spacial score (nSPS) is 17.0. The van der Waals surface area contributed by atoms with E-state index in [9.17, 15) is 22.8 Å². The van der Waals surface area contributed by atoms with Crippen LogP contribution in [0.2, 0.25) is 19.6 Å². The van der Waals surface area contributed by atoms with Gasteiger partial charge < -0.3 is 13.9 Å². The molecule has 0 amide bonds. The Hall–Kier alpha value is -0.803. The maximum atomic E-state index is 12.2. The van der Waals surface area contributed by atoms with Crippen LogP contribution in [0, 0.1) is 5.41 Å². The zero-order valence-corrected chi connectivity index (χ0v) is 18.6. The monoisotopic (exact) mass is 434 g/mol. The predicted molar refractivity (Wildman–Crippen MR) is 99.2 cm³/mol. The van der Waals surface area contributed by atoms with Gasteiger partial charge in [-0.2, -0.15) is 13.2 Å². The van der Waals surface area contributed by atoms with Crippen LogP contribution in [0.25, 0.3) is 0 Å². The van der Waals surface area contributed by atoms with E-state index < -0.39 is 43.3 Å². The lowest BCUT2D eigenvalue weighted by molar-refractivity contribution is -0.193. The standard InChI is InChI=1S/C17H30ClF3O5Si/c1-7-15(2,13(22)25-12-17(19,20)21)8-9-16(3,18)14(23)24-10-11-26-27(4,5)6/h7-12H2,1-6H3. The molecule has 0 aliphatic heterocycles. The van der Waals surface area contributed by atoms with Crippen molar-refractivity contribution >= 4 is 31.9 Å². The molecule has 0 bridgehead atoms. The van der Waals surface area contributed by atoms with Gasteiger partial charge in [-0.1, -0.05) is 6.92 Å². The minimum Gasteiger partial charge on any atom is -0.462 e. The molecule has 5 nitrogen and oxygen atoms in total. The van der Waals surface area contributed by atoms with Crippen molar-refractivity contribution in [1.29, 1.82) is 0 Å². The average molecular weight is 435 g/mol. The van der Waals surface area contributed by atoms with Crippen LogP contribution in [0.4, 0.5) is 13.2 Å². The highest BCUT2D eigenvalue weighted by molar-refractivity contribution is 6.69. The number of alkyl halides is 4.